The maximum atomic E-state index is 10.8. The fourth-order valence-electron chi connectivity index (χ4n) is 0.558. The molecule has 0 aliphatic heterocycles. The average molecular weight is 222 g/mol. The summed E-state index contributed by atoms with van der Waals surface area (Å²) in [6.07, 6.45) is -4.80. The Bertz CT molecular complexity index is 260. The quantitative estimate of drug-likeness (QED) is 0.289. The van der Waals surface area contributed by atoms with Gasteiger partial charge in [-0.25, -0.2) is 9.59 Å². The average Bonchev–Trinajstić information content (AvgIpc) is 2.15. The van der Waals surface area contributed by atoms with Crippen LogP contribution < -0.4 is 0 Å². The second kappa shape index (κ2) is 6.06. The first-order chi connectivity index (χ1) is 6.88. The van der Waals surface area contributed by atoms with E-state index in [-0.39, 0.29) is 0 Å². The third-order valence-electron chi connectivity index (χ3n) is 1.29. The molecule has 0 aromatic carbocycles. The molecule has 0 bridgehead atoms. The van der Waals surface area contributed by atoms with Gasteiger partial charge in [0.2, 0.25) is 0 Å². The number of hydrogen-bond acceptors (Lipinski definition) is 7. The zero-order valence-corrected chi connectivity index (χ0v) is 7.49. The van der Waals surface area contributed by atoms with Crippen molar-refractivity contribution in [1.29, 1.82) is 0 Å². The molecule has 4 N–H and O–H groups in total. The molecule has 8 heteroatoms. The van der Waals surface area contributed by atoms with Crippen LogP contribution in [0.25, 0.3) is 0 Å². The SMILES string of the molecule is O=C(O)CC(O)C(=O)OC(=O)C(O)CO. The number of carboxylic acid groups (broad SMARTS) is 1. The molecule has 86 valence electrons. The zero-order valence-electron chi connectivity index (χ0n) is 7.49. The summed E-state index contributed by atoms with van der Waals surface area (Å²) < 4.78 is 3.86. The van der Waals surface area contributed by atoms with E-state index in [9.17, 15) is 14.4 Å². The number of carbonyl (C=O) groups is 3. The van der Waals surface area contributed by atoms with Gasteiger partial charge in [0.1, 0.15) is 0 Å². The lowest BCUT2D eigenvalue weighted by Crippen LogP contribution is -2.34. The second-order valence-corrected chi connectivity index (χ2v) is 2.55. The van der Waals surface area contributed by atoms with E-state index >= 15 is 0 Å². The summed E-state index contributed by atoms with van der Waals surface area (Å²) in [6.45, 7) is -0.943. The van der Waals surface area contributed by atoms with Gasteiger partial charge in [-0.05, 0) is 0 Å². The van der Waals surface area contributed by atoms with Crippen LogP contribution in [-0.4, -0.2) is 57.1 Å². The standard InChI is InChI=1S/C7H10O8/c8-2-4(10)7(14)15-6(13)3(9)1-5(11)12/h3-4,8-10H,1-2H2,(H,11,12). The van der Waals surface area contributed by atoms with E-state index in [1.807, 2.05) is 0 Å². The number of aliphatic hydroxyl groups excluding tert-OH is 3. The molecule has 0 heterocycles. The Labute approximate surface area is 83.7 Å². The summed E-state index contributed by atoms with van der Waals surface area (Å²) in [4.78, 5) is 31.5. The predicted molar refractivity (Wildman–Crippen MR) is 42.5 cm³/mol. The molecule has 0 aliphatic rings. The first-order valence-electron chi connectivity index (χ1n) is 3.82. The highest BCUT2D eigenvalue weighted by molar-refractivity contribution is 5.91. The van der Waals surface area contributed by atoms with Gasteiger partial charge in [0.25, 0.3) is 0 Å². The van der Waals surface area contributed by atoms with Crippen LogP contribution in [0.2, 0.25) is 0 Å². The van der Waals surface area contributed by atoms with Crippen molar-refractivity contribution < 1.29 is 39.5 Å². The number of rotatable bonds is 5. The molecule has 0 rings (SSSR count). The van der Waals surface area contributed by atoms with Gasteiger partial charge in [-0.1, -0.05) is 0 Å². The smallest absolute Gasteiger partial charge is 0.345 e. The van der Waals surface area contributed by atoms with Crippen LogP contribution in [0, 0.1) is 0 Å². The second-order valence-electron chi connectivity index (χ2n) is 2.55. The highest BCUT2D eigenvalue weighted by Gasteiger charge is 2.25. The number of carboxylic acids is 1. The molecular weight excluding hydrogens is 212 g/mol. The molecular formula is C7H10O8. The van der Waals surface area contributed by atoms with E-state index in [2.05, 4.69) is 4.74 Å². The Kier molecular flexibility index (Phi) is 5.45. The first kappa shape index (κ1) is 13.5. The van der Waals surface area contributed by atoms with Crippen LogP contribution >= 0.6 is 0 Å². The van der Waals surface area contributed by atoms with Gasteiger partial charge < -0.3 is 25.2 Å². The van der Waals surface area contributed by atoms with Crippen molar-refractivity contribution in [3.63, 3.8) is 0 Å². The van der Waals surface area contributed by atoms with Crippen LogP contribution in [0.15, 0.2) is 0 Å². The Balaban J connectivity index is 4.13. The molecule has 0 aliphatic carbocycles. The number of aliphatic carboxylic acids is 1. The highest BCUT2D eigenvalue weighted by atomic mass is 16.6. The minimum atomic E-state index is -1.99. The lowest BCUT2D eigenvalue weighted by atomic mass is 10.2. The van der Waals surface area contributed by atoms with Gasteiger partial charge in [-0.3, -0.25) is 4.79 Å². The largest absolute Gasteiger partial charge is 0.481 e. The van der Waals surface area contributed by atoms with Crippen LogP contribution in [-0.2, 0) is 19.1 Å². The molecule has 0 aromatic heterocycles. The minimum Gasteiger partial charge on any atom is -0.481 e. The molecule has 0 saturated carbocycles. The van der Waals surface area contributed by atoms with Crippen molar-refractivity contribution in [2.24, 2.45) is 0 Å². The zero-order chi connectivity index (χ0) is 12.0. The van der Waals surface area contributed by atoms with E-state index in [4.69, 9.17) is 20.4 Å². The summed E-state index contributed by atoms with van der Waals surface area (Å²) in [7, 11) is 0. The number of esters is 2. The Morgan fingerprint density at radius 2 is 1.53 bits per heavy atom. The van der Waals surface area contributed by atoms with Crippen molar-refractivity contribution >= 4 is 17.9 Å². The fourth-order valence-corrected chi connectivity index (χ4v) is 0.558. The molecule has 0 fully saturated rings. The van der Waals surface area contributed by atoms with E-state index in [0.29, 0.717) is 0 Å². The summed E-state index contributed by atoms with van der Waals surface area (Å²) in [5, 5.41) is 34.0. The van der Waals surface area contributed by atoms with Crippen molar-refractivity contribution in [3.05, 3.63) is 0 Å². The Morgan fingerprint density at radius 3 is 1.93 bits per heavy atom. The molecule has 0 saturated heterocycles. The normalized spacial score (nSPS) is 14.1. The monoisotopic (exact) mass is 222 g/mol. The van der Waals surface area contributed by atoms with Crippen LogP contribution in [0.1, 0.15) is 6.42 Å². The summed E-state index contributed by atoms with van der Waals surface area (Å²) in [6, 6.07) is 0. The number of aliphatic hydroxyl groups is 3. The van der Waals surface area contributed by atoms with E-state index in [1.165, 1.54) is 0 Å². The maximum absolute atomic E-state index is 10.8. The lowest BCUT2D eigenvalue weighted by Gasteiger charge is -2.09. The van der Waals surface area contributed by atoms with Gasteiger partial charge in [-0.15, -0.1) is 0 Å². The highest BCUT2D eigenvalue weighted by Crippen LogP contribution is 1.97. The van der Waals surface area contributed by atoms with Crippen LogP contribution in [0.5, 0.6) is 0 Å². The van der Waals surface area contributed by atoms with Crippen molar-refractivity contribution in [2.45, 2.75) is 18.6 Å². The van der Waals surface area contributed by atoms with E-state index in [1.54, 1.807) is 0 Å². The molecule has 0 spiro atoms. The summed E-state index contributed by atoms with van der Waals surface area (Å²) in [5.41, 5.74) is 0. The number of carbonyl (C=O) groups excluding carboxylic acids is 2. The predicted octanol–water partition coefficient (Wildman–Crippen LogP) is -2.75. The topological polar surface area (TPSA) is 141 Å². The third-order valence-corrected chi connectivity index (χ3v) is 1.29. The maximum Gasteiger partial charge on any atom is 0.345 e. The number of ether oxygens (including phenoxy) is 1. The Hall–Kier alpha value is -1.51. The third kappa shape index (κ3) is 5.05. The minimum absolute atomic E-state index is 0.915. The van der Waals surface area contributed by atoms with Crippen LogP contribution in [0.4, 0.5) is 0 Å². The van der Waals surface area contributed by atoms with Crippen LogP contribution in [0.3, 0.4) is 0 Å². The molecule has 0 aromatic rings. The van der Waals surface area contributed by atoms with Gasteiger partial charge >= 0.3 is 17.9 Å². The molecule has 2 atom stereocenters. The Morgan fingerprint density at radius 1 is 1.07 bits per heavy atom. The van der Waals surface area contributed by atoms with Gasteiger partial charge in [0.15, 0.2) is 12.2 Å². The van der Waals surface area contributed by atoms with E-state index in [0.717, 1.165) is 0 Å². The van der Waals surface area contributed by atoms with Crippen molar-refractivity contribution in [2.75, 3.05) is 6.61 Å². The van der Waals surface area contributed by atoms with Gasteiger partial charge in [-0.2, -0.15) is 0 Å². The van der Waals surface area contributed by atoms with Gasteiger partial charge in [0, 0.05) is 0 Å². The van der Waals surface area contributed by atoms with Gasteiger partial charge in [0.05, 0.1) is 13.0 Å². The molecule has 8 nitrogen and oxygen atoms in total. The summed E-state index contributed by atoms with van der Waals surface area (Å²) >= 11 is 0. The fraction of sp³-hybridized carbons (Fsp3) is 0.571. The lowest BCUT2D eigenvalue weighted by molar-refractivity contribution is -0.174. The summed E-state index contributed by atoms with van der Waals surface area (Å²) in [5.74, 6) is -4.39. The molecule has 0 radical (unpaired) electrons. The molecule has 15 heavy (non-hydrogen) atoms. The first-order valence-corrected chi connectivity index (χ1v) is 3.82. The van der Waals surface area contributed by atoms with E-state index < -0.39 is 43.1 Å². The molecule has 0 amide bonds. The molecule has 2 unspecified atom stereocenters. The van der Waals surface area contributed by atoms with Crippen molar-refractivity contribution in [3.8, 4) is 0 Å². The van der Waals surface area contributed by atoms with Crippen molar-refractivity contribution in [1.82, 2.24) is 0 Å². The number of hydrogen-bond donors (Lipinski definition) is 4.